The van der Waals surface area contributed by atoms with Gasteiger partial charge in [-0.25, -0.2) is 9.97 Å². The van der Waals surface area contributed by atoms with Gasteiger partial charge in [0.05, 0.1) is 24.3 Å². The van der Waals surface area contributed by atoms with E-state index in [1.807, 2.05) is 30.3 Å². The van der Waals surface area contributed by atoms with Crippen LogP contribution in [0.25, 0.3) is 11.0 Å². The van der Waals surface area contributed by atoms with Crippen molar-refractivity contribution in [1.29, 1.82) is 0 Å². The quantitative estimate of drug-likeness (QED) is 0.635. The summed E-state index contributed by atoms with van der Waals surface area (Å²) in [5.41, 5.74) is 0.762. The van der Waals surface area contributed by atoms with Gasteiger partial charge >= 0.3 is 0 Å². The summed E-state index contributed by atoms with van der Waals surface area (Å²) < 4.78 is 11.6. The number of hydrogen-bond donors (Lipinski definition) is 2. The van der Waals surface area contributed by atoms with E-state index in [9.17, 15) is 0 Å². The Kier molecular flexibility index (Phi) is 5.25. The van der Waals surface area contributed by atoms with E-state index in [1.54, 1.807) is 12.5 Å². The van der Waals surface area contributed by atoms with Crippen LogP contribution in [0.3, 0.4) is 0 Å². The van der Waals surface area contributed by atoms with Gasteiger partial charge in [0.15, 0.2) is 5.65 Å². The molecule has 26 heavy (non-hydrogen) atoms. The summed E-state index contributed by atoms with van der Waals surface area (Å²) in [6.07, 6.45) is 7.85. The summed E-state index contributed by atoms with van der Waals surface area (Å²) in [6.45, 7) is 1.21. The first-order chi connectivity index (χ1) is 12.9. The second-order valence-electron chi connectivity index (χ2n) is 6.50. The summed E-state index contributed by atoms with van der Waals surface area (Å²) >= 11 is 0. The number of para-hydroxylation sites is 1. The molecule has 2 N–H and O–H groups in total. The Balaban J connectivity index is 1.19. The van der Waals surface area contributed by atoms with Gasteiger partial charge in [-0.2, -0.15) is 5.10 Å². The maximum atomic E-state index is 5.97. The number of aromatic nitrogens is 4. The van der Waals surface area contributed by atoms with E-state index in [1.165, 1.54) is 0 Å². The summed E-state index contributed by atoms with van der Waals surface area (Å²) in [7, 11) is 0. The van der Waals surface area contributed by atoms with Crippen molar-refractivity contribution in [3.8, 4) is 5.75 Å². The lowest BCUT2D eigenvalue weighted by Gasteiger charge is -2.29. The Labute approximate surface area is 152 Å². The predicted octanol–water partition coefficient (Wildman–Crippen LogP) is 3.17. The summed E-state index contributed by atoms with van der Waals surface area (Å²) in [4.78, 5) is 8.52. The number of rotatable bonds is 7. The molecule has 3 aromatic rings. The molecule has 1 aliphatic rings. The number of fused-ring (bicyclic) bond motifs is 1. The zero-order valence-electron chi connectivity index (χ0n) is 14.6. The normalized spacial score (nSPS) is 20.2. The van der Waals surface area contributed by atoms with Crippen LogP contribution < -0.4 is 10.1 Å². The molecule has 1 aliphatic carbocycles. The molecule has 1 saturated carbocycles. The van der Waals surface area contributed by atoms with Gasteiger partial charge in [-0.05, 0) is 37.8 Å². The van der Waals surface area contributed by atoms with Crippen LogP contribution in [0.4, 0.5) is 5.82 Å². The summed E-state index contributed by atoms with van der Waals surface area (Å²) in [6, 6.07) is 10.2. The van der Waals surface area contributed by atoms with Gasteiger partial charge in [-0.3, -0.25) is 5.10 Å². The third-order valence-corrected chi connectivity index (χ3v) is 4.71. The first-order valence-corrected chi connectivity index (χ1v) is 9.08. The minimum absolute atomic E-state index is 0.312. The number of benzene rings is 1. The Hall–Kier alpha value is -2.67. The van der Waals surface area contributed by atoms with E-state index < -0.39 is 0 Å². The maximum Gasteiger partial charge on any atom is 0.160 e. The minimum Gasteiger partial charge on any atom is -0.491 e. The molecule has 136 valence electrons. The fraction of sp³-hybridized carbons (Fsp3) is 0.421. The molecule has 0 amide bonds. The molecule has 2 heterocycles. The first-order valence-electron chi connectivity index (χ1n) is 9.08. The zero-order valence-corrected chi connectivity index (χ0v) is 14.6. The van der Waals surface area contributed by atoms with Crippen LogP contribution in [-0.4, -0.2) is 45.5 Å². The number of nitrogens with zero attached hydrogens (tertiary/aromatic N) is 3. The summed E-state index contributed by atoms with van der Waals surface area (Å²) in [5, 5.41) is 11.4. The Morgan fingerprint density at radius 1 is 1.04 bits per heavy atom. The minimum atomic E-state index is 0.312. The molecule has 7 heteroatoms. The zero-order chi connectivity index (χ0) is 17.6. The molecule has 0 atom stereocenters. The molecular weight excluding hydrogens is 330 g/mol. The van der Waals surface area contributed by atoms with E-state index in [0.29, 0.717) is 25.4 Å². The molecule has 0 radical (unpaired) electrons. The van der Waals surface area contributed by atoms with Gasteiger partial charge < -0.3 is 14.8 Å². The molecule has 0 aliphatic heterocycles. The van der Waals surface area contributed by atoms with Crippen molar-refractivity contribution < 1.29 is 9.47 Å². The van der Waals surface area contributed by atoms with Crippen molar-refractivity contribution in [1.82, 2.24) is 20.2 Å². The standard InChI is InChI=1S/C19H23N5O2/c1-2-4-15(5-3-1)25-10-11-26-16-8-6-14(7-9-16)23-18-17-12-22-24-19(17)21-13-20-18/h1-5,12-14,16H,6-11H2,(H2,20,21,22,23,24). The van der Waals surface area contributed by atoms with Crippen LogP contribution in [-0.2, 0) is 4.74 Å². The predicted molar refractivity (Wildman–Crippen MR) is 99.2 cm³/mol. The summed E-state index contributed by atoms with van der Waals surface area (Å²) in [5.74, 6) is 1.74. The Morgan fingerprint density at radius 3 is 2.73 bits per heavy atom. The average molecular weight is 353 g/mol. The molecule has 0 unspecified atom stereocenters. The number of ether oxygens (including phenoxy) is 2. The fourth-order valence-corrected chi connectivity index (χ4v) is 3.34. The lowest BCUT2D eigenvalue weighted by molar-refractivity contribution is 0.0112. The largest absolute Gasteiger partial charge is 0.491 e. The van der Waals surface area contributed by atoms with Crippen molar-refractivity contribution in [3.63, 3.8) is 0 Å². The molecule has 0 spiro atoms. The van der Waals surface area contributed by atoms with Gasteiger partial charge in [0, 0.05) is 6.04 Å². The van der Waals surface area contributed by atoms with Crippen LogP contribution in [0.5, 0.6) is 5.75 Å². The number of aromatic amines is 1. The first kappa shape index (κ1) is 16.8. The third-order valence-electron chi connectivity index (χ3n) is 4.71. The van der Waals surface area contributed by atoms with Crippen LogP contribution in [0.15, 0.2) is 42.9 Å². The molecule has 1 fully saturated rings. The highest BCUT2D eigenvalue weighted by molar-refractivity contribution is 5.85. The third kappa shape index (κ3) is 4.11. The van der Waals surface area contributed by atoms with Gasteiger partial charge in [0.25, 0.3) is 0 Å². The molecule has 7 nitrogen and oxygen atoms in total. The van der Waals surface area contributed by atoms with Crippen LogP contribution in [0.1, 0.15) is 25.7 Å². The highest BCUT2D eigenvalue weighted by Crippen LogP contribution is 2.25. The van der Waals surface area contributed by atoms with Crippen molar-refractivity contribution in [3.05, 3.63) is 42.9 Å². The van der Waals surface area contributed by atoms with Gasteiger partial charge in [-0.1, -0.05) is 18.2 Å². The lowest BCUT2D eigenvalue weighted by atomic mass is 9.93. The van der Waals surface area contributed by atoms with Crippen molar-refractivity contribution in [2.45, 2.75) is 37.8 Å². The fourth-order valence-electron chi connectivity index (χ4n) is 3.34. The van der Waals surface area contributed by atoms with E-state index in [0.717, 1.165) is 48.3 Å². The number of H-pyrrole nitrogens is 1. The topological polar surface area (TPSA) is 85.0 Å². The van der Waals surface area contributed by atoms with E-state index in [-0.39, 0.29) is 0 Å². The lowest BCUT2D eigenvalue weighted by Crippen LogP contribution is -2.30. The van der Waals surface area contributed by atoms with E-state index in [4.69, 9.17) is 9.47 Å². The molecule has 0 saturated heterocycles. The highest BCUT2D eigenvalue weighted by atomic mass is 16.5. The van der Waals surface area contributed by atoms with Gasteiger partial charge in [0.1, 0.15) is 24.5 Å². The van der Waals surface area contributed by atoms with Crippen LogP contribution in [0.2, 0.25) is 0 Å². The molecule has 4 rings (SSSR count). The van der Waals surface area contributed by atoms with Crippen LogP contribution in [0, 0.1) is 0 Å². The molecular formula is C19H23N5O2. The SMILES string of the molecule is c1ccc(OCCOC2CCC(Nc3ncnc4[nH]ncc34)CC2)cc1. The second kappa shape index (κ2) is 8.14. The monoisotopic (exact) mass is 353 g/mol. The van der Waals surface area contributed by atoms with Gasteiger partial charge in [0.2, 0.25) is 0 Å². The smallest absolute Gasteiger partial charge is 0.160 e. The number of nitrogens with one attached hydrogen (secondary N) is 2. The Bertz CT molecular complexity index is 815. The highest BCUT2D eigenvalue weighted by Gasteiger charge is 2.22. The maximum absolute atomic E-state index is 5.97. The molecule has 2 aromatic heterocycles. The van der Waals surface area contributed by atoms with E-state index in [2.05, 4.69) is 25.5 Å². The van der Waals surface area contributed by atoms with Crippen LogP contribution >= 0.6 is 0 Å². The molecule has 1 aromatic carbocycles. The average Bonchev–Trinajstić information content (AvgIpc) is 3.17. The number of anilines is 1. The Morgan fingerprint density at radius 2 is 1.88 bits per heavy atom. The van der Waals surface area contributed by atoms with Crippen molar-refractivity contribution >= 4 is 16.9 Å². The van der Waals surface area contributed by atoms with E-state index >= 15 is 0 Å². The number of hydrogen-bond acceptors (Lipinski definition) is 6. The second-order valence-corrected chi connectivity index (χ2v) is 6.50. The van der Waals surface area contributed by atoms with Crippen molar-refractivity contribution in [2.24, 2.45) is 0 Å². The van der Waals surface area contributed by atoms with Gasteiger partial charge in [-0.15, -0.1) is 0 Å². The molecule has 0 bridgehead atoms. The van der Waals surface area contributed by atoms with Crippen molar-refractivity contribution in [2.75, 3.05) is 18.5 Å².